The number of carbonyl (C=O) groups excluding carboxylic acids is 1. The maximum Gasteiger partial charge on any atom is 0.307 e. The van der Waals surface area contributed by atoms with E-state index in [9.17, 15) is 9.59 Å². The highest BCUT2D eigenvalue weighted by Gasteiger charge is 2.37. The molecule has 1 saturated carbocycles. The predicted octanol–water partition coefficient (Wildman–Crippen LogP) is 0.967. The second kappa shape index (κ2) is 6.00. The van der Waals surface area contributed by atoms with Crippen molar-refractivity contribution in [3.63, 3.8) is 0 Å². The summed E-state index contributed by atoms with van der Waals surface area (Å²) in [5, 5.41) is 11.7. The third kappa shape index (κ3) is 3.41. The quantitative estimate of drug-likeness (QED) is 0.692. The Balaban J connectivity index is 2.40. The van der Waals surface area contributed by atoms with Crippen molar-refractivity contribution in [2.45, 2.75) is 19.3 Å². The van der Waals surface area contributed by atoms with E-state index in [0.29, 0.717) is 19.4 Å². The molecule has 0 bridgehead atoms. The molecule has 5 heteroatoms. The number of hydrogen-bond acceptors (Lipinski definition) is 3. The first-order valence-electron chi connectivity index (χ1n) is 5.16. The van der Waals surface area contributed by atoms with Crippen LogP contribution >= 0.6 is 11.8 Å². The van der Waals surface area contributed by atoms with Crippen LogP contribution in [0.1, 0.15) is 19.3 Å². The third-order valence-electron chi connectivity index (χ3n) is 2.78. The van der Waals surface area contributed by atoms with Crippen molar-refractivity contribution in [2.75, 3.05) is 18.6 Å². The van der Waals surface area contributed by atoms with Crippen LogP contribution < -0.4 is 5.32 Å². The van der Waals surface area contributed by atoms with Gasteiger partial charge in [0.1, 0.15) is 0 Å². The van der Waals surface area contributed by atoms with Crippen molar-refractivity contribution < 1.29 is 14.7 Å². The van der Waals surface area contributed by atoms with E-state index in [1.807, 2.05) is 6.26 Å². The summed E-state index contributed by atoms with van der Waals surface area (Å²) < 4.78 is 0. The molecule has 1 aliphatic carbocycles. The first-order chi connectivity index (χ1) is 7.16. The average Bonchev–Trinajstić information content (AvgIpc) is 2.66. The molecule has 0 radical (unpaired) electrons. The maximum absolute atomic E-state index is 11.7. The van der Waals surface area contributed by atoms with Gasteiger partial charge in [0.15, 0.2) is 0 Å². The molecule has 1 fully saturated rings. The van der Waals surface area contributed by atoms with Crippen molar-refractivity contribution in [1.29, 1.82) is 0 Å². The molecule has 86 valence electrons. The highest BCUT2D eigenvalue weighted by Crippen LogP contribution is 2.31. The number of carbonyl (C=O) groups is 2. The number of amides is 1. The number of thioether (sulfide) groups is 1. The van der Waals surface area contributed by atoms with Gasteiger partial charge in [-0.1, -0.05) is 6.42 Å². The molecule has 0 spiro atoms. The van der Waals surface area contributed by atoms with Crippen LogP contribution in [-0.4, -0.2) is 35.5 Å². The SMILES string of the molecule is CSCCNC(=O)[C@@H]1CCC[C@@H]1C(=O)O. The van der Waals surface area contributed by atoms with E-state index in [2.05, 4.69) is 5.32 Å². The molecular formula is C10H17NO3S. The van der Waals surface area contributed by atoms with Crippen LogP contribution in [0.25, 0.3) is 0 Å². The summed E-state index contributed by atoms with van der Waals surface area (Å²) in [4.78, 5) is 22.5. The molecule has 0 aromatic carbocycles. The van der Waals surface area contributed by atoms with Gasteiger partial charge in [-0.15, -0.1) is 0 Å². The van der Waals surface area contributed by atoms with Gasteiger partial charge in [0.05, 0.1) is 11.8 Å². The molecule has 1 amide bonds. The number of rotatable bonds is 5. The minimum Gasteiger partial charge on any atom is -0.481 e. The zero-order valence-corrected chi connectivity index (χ0v) is 9.68. The molecule has 0 saturated heterocycles. The highest BCUT2D eigenvalue weighted by molar-refractivity contribution is 7.98. The second-order valence-electron chi connectivity index (χ2n) is 3.77. The Morgan fingerprint density at radius 2 is 2.07 bits per heavy atom. The van der Waals surface area contributed by atoms with E-state index in [1.54, 1.807) is 11.8 Å². The van der Waals surface area contributed by atoms with Gasteiger partial charge in [-0.2, -0.15) is 11.8 Å². The van der Waals surface area contributed by atoms with Gasteiger partial charge in [-0.3, -0.25) is 9.59 Å². The lowest BCUT2D eigenvalue weighted by atomic mass is 9.95. The summed E-state index contributed by atoms with van der Waals surface area (Å²) in [6.45, 7) is 0.628. The summed E-state index contributed by atoms with van der Waals surface area (Å²) in [6, 6.07) is 0. The highest BCUT2D eigenvalue weighted by atomic mass is 32.2. The molecular weight excluding hydrogens is 214 g/mol. The minimum atomic E-state index is -0.836. The Morgan fingerprint density at radius 1 is 1.40 bits per heavy atom. The predicted molar refractivity (Wildman–Crippen MR) is 59.9 cm³/mol. The fourth-order valence-corrected chi connectivity index (χ4v) is 2.28. The number of aliphatic carboxylic acids is 1. The summed E-state index contributed by atoms with van der Waals surface area (Å²) >= 11 is 1.66. The topological polar surface area (TPSA) is 66.4 Å². The van der Waals surface area contributed by atoms with Crippen LogP contribution in [0.15, 0.2) is 0 Å². The molecule has 1 aliphatic rings. The van der Waals surface area contributed by atoms with Crippen molar-refractivity contribution in [3.05, 3.63) is 0 Å². The Kier molecular flexibility index (Phi) is 4.94. The van der Waals surface area contributed by atoms with Crippen molar-refractivity contribution in [3.8, 4) is 0 Å². The first kappa shape index (κ1) is 12.4. The lowest BCUT2D eigenvalue weighted by Gasteiger charge is -2.15. The molecule has 0 unspecified atom stereocenters. The molecule has 0 heterocycles. The van der Waals surface area contributed by atoms with Crippen LogP contribution in [0.5, 0.6) is 0 Å². The van der Waals surface area contributed by atoms with E-state index in [4.69, 9.17) is 5.11 Å². The third-order valence-corrected chi connectivity index (χ3v) is 3.39. The Hall–Kier alpha value is -0.710. The summed E-state index contributed by atoms with van der Waals surface area (Å²) in [5.74, 6) is -0.842. The molecule has 1 rings (SSSR count). The lowest BCUT2D eigenvalue weighted by molar-refractivity contribution is -0.146. The standard InChI is InChI=1S/C10H17NO3S/c1-15-6-5-11-9(12)7-3-2-4-8(7)10(13)14/h7-8H,2-6H2,1H3,(H,11,12)(H,13,14)/t7-,8+/m1/s1. The van der Waals surface area contributed by atoms with Crippen LogP contribution in [-0.2, 0) is 9.59 Å². The van der Waals surface area contributed by atoms with Gasteiger partial charge in [-0.25, -0.2) is 0 Å². The molecule has 2 atom stereocenters. The fourth-order valence-electron chi connectivity index (χ4n) is 1.98. The van der Waals surface area contributed by atoms with Crippen LogP contribution in [0.4, 0.5) is 0 Å². The molecule has 4 nitrogen and oxygen atoms in total. The average molecular weight is 231 g/mol. The van der Waals surface area contributed by atoms with Crippen LogP contribution in [0.2, 0.25) is 0 Å². The minimum absolute atomic E-state index is 0.0889. The van der Waals surface area contributed by atoms with E-state index in [1.165, 1.54) is 0 Å². The number of carboxylic acids is 1. The maximum atomic E-state index is 11.7. The van der Waals surface area contributed by atoms with Crippen molar-refractivity contribution in [2.24, 2.45) is 11.8 Å². The Labute approximate surface area is 93.8 Å². The van der Waals surface area contributed by atoms with Gasteiger partial charge in [-0.05, 0) is 19.1 Å². The van der Waals surface area contributed by atoms with Gasteiger partial charge < -0.3 is 10.4 Å². The number of nitrogens with one attached hydrogen (secondary N) is 1. The molecule has 0 aromatic heterocycles. The lowest BCUT2D eigenvalue weighted by Crippen LogP contribution is -2.36. The largest absolute Gasteiger partial charge is 0.481 e. The van der Waals surface area contributed by atoms with E-state index in [0.717, 1.165) is 12.2 Å². The van der Waals surface area contributed by atoms with E-state index < -0.39 is 11.9 Å². The number of carboxylic acid groups (broad SMARTS) is 1. The molecule has 15 heavy (non-hydrogen) atoms. The first-order valence-corrected chi connectivity index (χ1v) is 6.55. The number of hydrogen-bond donors (Lipinski definition) is 2. The van der Waals surface area contributed by atoms with Crippen LogP contribution in [0.3, 0.4) is 0 Å². The molecule has 0 aromatic rings. The summed E-state index contributed by atoms with van der Waals surface area (Å²) in [6.07, 6.45) is 4.16. The molecule has 2 N–H and O–H groups in total. The fraction of sp³-hybridized carbons (Fsp3) is 0.800. The van der Waals surface area contributed by atoms with Crippen molar-refractivity contribution >= 4 is 23.6 Å². The zero-order chi connectivity index (χ0) is 11.3. The summed E-state index contributed by atoms with van der Waals surface area (Å²) in [5.41, 5.74) is 0. The zero-order valence-electron chi connectivity index (χ0n) is 8.86. The monoisotopic (exact) mass is 231 g/mol. The van der Waals surface area contributed by atoms with E-state index in [-0.39, 0.29) is 11.8 Å². The van der Waals surface area contributed by atoms with Gasteiger partial charge in [0.25, 0.3) is 0 Å². The van der Waals surface area contributed by atoms with E-state index >= 15 is 0 Å². The summed E-state index contributed by atoms with van der Waals surface area (Å²) in [7, 11) is 0. The molecule has 0 aliphatic heterocycles. The van der Waals surface area contributed by atoms with Crippen LogP contribution in [0, 0.1) is 11.8 Å². The van der Waals surface area contributed by atoms with Crippen molar-refractivity contribution in [1.82, 2.24) is 5.32 Å². The van der Waals surface area contributed by atoms with Gasteiger partial charge in [0.2, 0.25) is 5.91 Å². The van der Waals surface area contributed by atoms with Gasteiger partial charge >= 0.3 is 5.97 Å². The normalized spacial score (nSPS) is 25.1. The smallest absolute Gasteiger partial charge is 0.307 e. The Bertz CT molecular complexity index is 245. The van der Waals surface area contributed by atoms with Gasteiger partial charge in [0, 0.05) is 12.3 Å². The Morgan fingerprint density at radius 3 is 2.67 bits per heavy atom. The second-order valence-corrected chi connectivity index (χ2v) is 4.75.